The Morgan fingerprint density at radius 2 is 1.90 bits per heavy atom. The Hall–Kier alpha value is -2.62. The van der Waals surface area contributed by atoms with E-state index in [9.17, 15) is 14.7 Å². The van der Waals surface area contributed by atoms with Gasteiger partial charge in [-0.1, -0.05) is 34.5 Å². The van der Waals surface area contributed by atoms with Crippen LogP contribution in [-0.4, -0.2) is 51.1 Å². The van der Waals surface area contributed by atoms with Crippen LogP contribution in [0.3, 0.4) is 0 Å². The van der Waals surface area contributed by atoms with Crippen LogP contribution in [0.15, 0.2) is 24.5 Å². The molecule has 1 unspecified atom stereocenters. The number of thiazole rings is 1. The van der Waals surface area contributed by atoms with E-state index >= 15 is 0 Å². The molecule has 8 nitrogen and oxygen atoms in total. The first-order chi connectivity index (χ1) is 14.8. The SMILES string of the molecule is Cc1[nH]c(C(=O)NC2[C@H]3CN(c4nc(-c5ccncc5)c(C(=O)O)s4)C[C@@H]23)c(Cl)c1Cl. The summed E-state index contributed by atoms with van der Waals surface area (Å²) in [7, 11) is 0. The number of amides is 1. The maximum absolute atomic E-state index is 12.6. The molecule has 1 amide bonds. The zero-order chi connectivity index (χ0) is 21.9. The van der Waals surface area contributed by atoms with Crippen LogP contribution in [0.25, 0.3) is 11.3 Å². The number of carboxylic acids is 1. The summed E-state index contributed by atoms with van der Waals surface area (Å²) in [5.41, 5.74) is 2.11. The highest BCUT2D eigenvalue weighted by atomic mass is 35.5. The van der Waals surface area contributed by atoms with E-state index in [1.54, 1.807) is 31.5 Å². The smallest absolute Gasteiger partial charge is 0.348 e. The lowest BCUT2D eigenvalue weighted by Gasteiger charge is -2.19. The van der Waals surface area contributed by atoms with Crippen molar-refractivity contribution in [1.29, 1.82) is 0 Å². The van der Waals surface area contributed by atoms with Crippen molar-refractivity contribution in [2.24, 2.45) is 11.8 Å². The van der Waals surface area contributed by atoms with Crippen molar-refractivity contribution in [1.82, 2.24) is 20.3 Å². The number of fused-ring (bicyclic) bond motifs is 1. The van der Waals surface area contributed by atoms with E-state index < -0.39 is 5.97 Å². The predicted octanol–water partition coefficient (Wildman–Crippen LogP) is 3.71. The summed E-state index contributed by atoms with van der Waals surface area (Å²) in [4.78, 5) is 38.1. The molecule has 1 saturated carbocycles. The number of aromatic amines is 1. The number of hydrogen-bond donors (Lipinski definition) is 3. The van der Waals surface area contributed by atoms with Gasteiger partial charge in [0.1, 0.15) is 10.6 Å². The monoisotopic (exact) mass is 477 g/mol. The standard InChI is InChI=1S/C20H17Cl2N5O3S/c1-8-12(21)13(22)16(24-8)18(28)25-15-10-6-27(7-11(10)15)20-26-14(17(31-20)19(29)30)9-2-4-23-5-3-9/h2-5,10-11,15,24H,6-7H2,1H3,(H,25,28)(H,29,30)/t10-,11+,15?. The molecule has 0 bridgehead atoms. The van der Waals surface area contributed by atoms with Gasteiger partial charge >= 0.3 is 5.97 Å². The maximum Gasteiger partial charge on any atom is 0.348 e. The third-order valence-electron chi connectivity index (χ3n) is 5.81. The molecule has 31 heavy (non-hydrogen) atoms. The van der Waals surface area contributed by atoms with Crippen LogP contribution in [0.5, 0.6) is 0 Å². The van der Waals surface area contributed by atoms with Gasteiger partial charge in [0.25, 0.3) is 5.91 Å². The van der Waals surface area contributed by atoms with Crippen LogP contribution in [-0.2, 0) is 0 Å². The second-order valence-corrected chi connectivity index (χ2v) is 9.43. The Balaban J connectivity index is 1.28. The number of halogens is 2. The van der Waals surface area contributed by atoms with E-state index in [-0.39, 0.29) is 39.4 Å². The highest BCUT2D eigenvalue weighted by Gasteiger charge is 2.57. The lowest BCUT2D eigenvalue weighted by Crippen LogP contribution is -2.34. The summed E-state index contributed by atoms with van der Waals surface area (Å²) in [6.07, 6.45) is 3.23. The Morgan fingerprint density at radius 3 is 2.48 bits per heavy atom. The number of pyridine rings is 1. The van der Waals surface area contributed by atoms with Crippen LogP contribution in [0.1, 0.15) is 25.9 Å². The molecule has 1 aliphatic carbocycles. The number of aryl methyl sites for hydroxylation is 1. The van der Waals surface area contributed by atoms with Gasteiger partial charge in [0.15, 0.2) is 5.13 Å². The molecular formula is C20H17Cl2N5O3S. The first kappa shape index (κ1) is 20.3. The number of H-pyrrole nitrogens is 1. The lowest BCUT2D eigenvalue weighted by atomic mass is 10.2. The Morgan fingerprint density at radius 1 is 1.23 bits per heavy atom. The van der Waals surface area contributed by atoms with E-state index in [2.05, 4.69) is 25.2 Å². The van der Waals surface area contributed by atoms with E-state index in [0.717, 1.165) is 5.56 Å². The van der Waals surface area contributed by atoms with E-state index in [1.807, 2.05) is 0 Å². The number of nitrogens with zero attached hydrogens (tertiary/aromatic N) is 3. The molecule has 3 N–H and O–H groups in total. The van der Waals surface area contributed by atoms with Gasteiger partial charge in [0.05, 0.1) is 15.7 Å². The first-order valence-corrected chi connectivity index (χ1v) is 11.2. The fourth-order valence-electron chi connectivity index (χ4n) is 4.14. The zero-order valence-electron chi connectivity index (χ0n) is 16.2. The number of aromatic carboxylic acids is 1. The quantitative estimate of drug-likeness (QED) is 0.516. The number of nitrogens with one attached hydrogen (secondary N) is 2. The number of piperidine rings is 1. The summed E-state index contributed by atoms with van der Waals surface area (Å²) >= 11 is 13.4. The first-order valence-electron chi connectivity index (χ1n) is 9.59. The molecule has 3 aromatic heterocycles. The van der Waals surface area contributed by atoms with Gasteiger partial charge in [-0.25, -0.2) is 9.78 Å². The van der Waals surface area contributed by atoms with Crippen molar-refractivity contribution < 1.29 is 14.7 Å². The van der Waals surface area contributed by atoms with Crippen molar-refractivity contribution in [2.45, 2.75) is 13.0 Å². The Bertz CT molecular complexity index is 1180. The van der Waals surface area contributed by atoms with Crippen molar-refractivity contribution >= 4 is 51.5 Å². The topological polar surface area (TPSA) is 111 Å². The van der Waals surface area contributed by atoms with Gasteiger partial charge in [0.2, 0.25) is 0 Å². The largest absolute Gasteiger partial charge is 0.477 e. The number of carbonyl (C=O) groups excluding carboxylic acids is 1. The molecule has 1 saturated heterocycles. The number of carbonyl (C=O) groups is 2. The van der Waals surface area contributed by atoms with E-state index in [0.29, 0.717) is 34.6 Å². The van der Waals surface area contributed by atoms with Crippen LogP contribution in [0.2, 0.25) is 10.0 Å². The molecule has 3 atom stereocenters. The van der Waals surface area contributed by atoms with Gasteiger partial charge < -0.3 is 20.3 Å². The molecule has 0 spiro atoms. The van der Waals surface area contributed by atoms with Gasteiger partial charge in [-0.15, -0.1) is 0 Å². The van der Waals surface area contributed by atoms with Crippen molar-refractivity contribution in [3.63, 3.8) is 0 Å². The molecule has 5 rings (SSSR count). The number of anilines is 1. The van der Waals surface area contributed by atoms with Crippen molar-refractivity contribution in [2.75, 3.05) is 18.0 Å². The summed E-state index contributed by atoms with van der Waals surface area (Å²) in [6.45, 7) is 3.17. The molecular weight excluding hydrogens is 461 g/mol. The lowest BCUT2D eigenvalue weighted by molar-refractivity contribution is 0.0702. The molecule has 0 radical (unpaired) electrons. The van der Waals surface area contributed by atoms with Crippen LogP contribution in [0.4, 0.5) is 5.13 Å². The summed E-state index contributed by atoms with van der Waals surface area (Å²) < 4.78 is 0. The molecule has 0 aromatic carbocycles. The fourth-order valence-corrected chi connectivity index (χ4v) is 5.50. The van der Waals surface area contributed by atoms with E-state index in [1.165, 1.54) is 11.3 Å². The van der Waals surface area contributed by atoms with Gasteiger partial charge in [0, 0.05) is 54.6 Å². The normalized spacial score (nSPS) is 21.8. The minimum atomic E-state index is -0.998. The molecule has 2 fully saturated rings. The molecule has 2 aliphatic rings. The highest BCUT2D eigenvalue weighted by Crippen LogP contribution is 2.48. The van der Waals surface area contributed by atoms with Crippen LogP contribution in [0, 0.1) is 18.8 Å². The minimum absolute atomic E-state index is 0.0563. The van der Waals surface area contributed by atoms with Gasteiger partial charge in [-0.3, -0.25) is 9.78 Å². The molecule has 4 heterocycles. The van der Waals surface area contributed by atoms with Crippen molar-refractivity contribution in [3.8, 4) is 11.3 Å². The average Bonchev–Trinajstić information content (AvgIpc) is 3.16. The third kappa shape index (κ3) is 3.46. The highest BCUT2D eigenvalue weighted by molar-refractivity contribution is 7.17. The maximum atomic E-state index is 12.6. The van der Waals surface area contributed by atoms with Gasteiger partial charge in [-0.05, 0) is 19.1 Å². The van der Waals surface area contributed by atoms with Gasteiger partial charge in [-0.2, -0.15) is 0 Å². The second kappa shape index (κ2) is 7.51. The summed E-state index contributed by atoms with van der Waals surface area (Å²) in [5, 5.41) is 13.9. The molecule has 11 heteroatoms. The fraction of sp³-hybridized carbons (Fsp3) is 0.300. The molecule has 1 aliphatic heterocycles. The number of hydrogen-bond acceptors (Lipinski definition) is 6. The number of aromatic nitrogens is 3. The Labute approximate surface area is 191 Å². The zero-order valence-corrected chi connectivity index (χ0v) is 18.6. The second-order valence-electron chi connectivity index (χ2n) is 7.70. The Kier molecular flexibility index (Phi) is 4.91. The van der Waals surface area contributed by atoms with Crippen molar-refractivity contribution in [3.05, 3.63) is 50.8 Å². The van der Waals surface area contributed by atoms with Crippen LogP contribution < -0.4 is 10.2 Å². The number of carboxylic acid groups (broad SMARTS) is 1. The molecule has 3 aromatic rings. The summed E-state index contributed by atoms with van der Waals surface area (Å²) in [6, 6.07) is 3.55. The van der Waals surface area contributed by atoms with Crippen LogP contribution >= 0.6 is 34.5 Å². The minimum Gasteiger partial charge on any atom is -0.477 e. The summed E-state index contributed by atoms with van der Waals surface area (Å²) in [5.74, 6) is -0.693. The van der Waals surface area contributed by atoms with E-state index in [4.69, 9.17) is 23.2 Å². The molecule has 160 valence electrons. The predicted molar refractivity (Wildman–Crippen MR) is 118 cm³/mol. The number of rotatable bonds is 5. The average molecular weight is 478 g/mol. The third-order valence-corrected chi connectivity index (χ3v) is 7.86.